The molecule has 172 valence electrons. The molecule has 1 unspecified atom stereocenters. The minimum absolute atomic E-state index is 0.278. The Kier molecular flexibility index (Phi) is 6.87. The highest BCUT2D eigenvalue weighted by Crippen LogP contribution is 2.34. The summed E-state index contributed by atoms with van der Waals surface area (Å²) in [5, 5.41) is 1.28. The van der Waals surface area contributed by atoms with Crippen molar-refractivity contribution in [3.8, 4) is 0 Å². The summed E-state index contributed by atoms with van der Waals surface area (Å²) < 4.78 is 34.8. The predicted molar refractivity (Wildman–Crippen MR) is 122 cm³/mol. The predicted octanol–water partition coefficient (Wildman–Crippen LogP) is 5.42. The standard InChI is InChI=1S/C24H36N2O4S/c1-17-14-18(2)22(19(3)15-17)31(28,29)26-21(16-20-10-8-7-9-11-20)12-13-25(26)23(27)30-24(4,5)6/h14-16,21H,7-13H2,1-6H3. The number of rotatable bonds is 3. The first-order valence-corrected chi connectivity index (χ1v) is 12.7. The lowest BCUT2D eigenvalue weighted by atomic mass is 9.93. The van der Waals surface area contributed by atoms with Gasteiger partial charge in [-0.15, -0.1) is 0 Å². The number of benzene rings is 1. The normalized spacial score (nSPS) is 20.8. The van der Waals surface area contributed by atoms with Crippen LogP contribution in [-0.4, -0.2) is 42.1 Å². The molecule has 3 rings (SSSR count). The molecule has 1 aliphatic carbocycles. The van der Waals surface area contributed by atoms with E-state index in [1.807, 2.05) is 32.9 Å². The van der Waals surface area contributed by atoms with E-state index in [0.717, 1.165) is 31.2 Å². The topological polar surface area (TPSA) is 66.9 Å². The van der Waals surface area contributed by atoms with Crippen LogP contribution in [0.2, 0.25) is 0 Å². The number of carbonyl (C=O) groups is 1. The van der Waals surface area contributed by atoms with E-state index in [0.29, 0.717) is 24.1 Å². The lowest BCUT2D eigenvalue weighted by Crippen LogP contribution is -2.49. The van der Waals surface area contributed by atoms with Gasteiger partial charge >= 0.3 is 6.09 Å². The summed E-state index contributed by atoms with van der Waals surface area (Å²) in [4.78, 5) is 13.3. The third-order valence-corrected chi connectivity index (χ3v) is 7.92. The Morgan fingerprint density at radius 2 is 1.65 bits per heavy atom. The number of hydrazine groups is 1. The summed E-state index contributed by atoms with van der Waals surface area (Å²) in [6, 6.07) is 3.37. The Bertz CT molecular complexity index is 945. The number of allylic oxidation sites excluding steroid dienone is 1. The molecular weight excluding hydrogens is 412 g/mol. The van der Waals surface area contributed by atoms with Gasteiger partial charge in [-0.25, -0.2) is 18.2 Å². The lowest BCUT2D eigenvalue weighted by Gasteiger charge is -2.33. The molecule has 1 aliphatic heterocycles. The minimum Gasteiger partial charge on any atom is -0.443 e. The Morgan fingerprint density at radius 3 is 2.19 bits per heavy atom. The fraction of sp³-hybridized carbons (Fsp3) is 0.625. The Hall–Kier alpha value is -1.86. The monoisotopic (exact) mass is 448 g/mol. The van der Waals surface area contributed by atoms with Crippen molar-refractivity contribution in [2.24, 2.45) is 0 Å². The van der Waals surface area contributed by atoms with E-state index in [2.05, 4.69) is 6.08 Å². The number of hydrogen-bond donors (Lipinski definition) is 0. The van der Waals surface area contributed by atoms with Gasteiger partial charge in [0.25, 0.3) is 10.0 Å². The second-order valence-corrected chi connectivity index (χ2v) is 11.6. The molecule has 1 aromatic rings. The molecular formula is C24H36N2O4S. The zero-order chi connectivity index (χ0) is 23.0. The maximum absolute atomic E-state index is 14.0. The van der Waals surface area contributed by atoms with E-state index in [-0.39, 0.29) is 10.9 Å². The summed E-state index contributed by atoms with van der Waals surface area (Å²) >= 11 is 0. The third kappa shape index (κ3) is 5.32. The fourth-order valence-corrected chi connectivity index (χ4v) is 6.75. The lowest BCUT2D eigenvalue weighted by molar-refractivity contribution is -0.00287. The third-order valence-electron chi connectivity index (χ3n) is 5.80. The molecule has 0 spiro atoms. The molecule has 0 aromatic heterocycles. The number of ether oxygens (including phenoxy) is 1. The van der Waals surface area contributed by atoms with E-state index < -0.39 is 21.7 Å². The highest BCUT2D eigenvalue weighted by molar-refractivity contribution is 7.89. The van der Waals surface area contributed by atoms with Crippen LogP contribution in [0.25, 0.3) is 0 Å². The molecule has 1 amide bonds. The second-order valence-electron chi connectivity index (χ2n) is 9.85. The molecule has 2 aliphatic rings. The van der Waals surface area contributed by atoms with Crippen molar-refractivity contribution in [2.45, 2.75) is 96.6 Å². The van der Waals surface area contributed by atoms with Gasteiger partial charge in [0.05, 0.1) is 10.9 Å². The zero-order valence-electron chi connectivity index (χ0n) is 19.7. The molecule has 6 nitrogen and oxygen atoms in total. The highest BCUT2D eigenvalue weighted by atomic mass is 32.2. The van der Waals surface area contributed by atoms with Crippen molar-refractivity contribution >= 4 is 16.1 Å². The van der Waals surface area contributed by atoms with Crippen LogP contribution in [-0.2, 0) is 14.8 Å². The average molecular weight is 449 g/mol. The summed E-state index contributed by atoms with van der Waals surface area (Å²) in [5.41, 5.74) is 2.98. The van der Waals surface area contributed by atoms with Crippen molar-refractivity contribution < 1.29 is 17.9 Å². The molecule has 1 heterocycles. The summed E-state index contributed by atoms with van der Waals surface area (Å²) in [6.45, 7) is 11.3. The second kappa shape index (κ2) is 8.94. The van der Waals surface area contributed by atoms with Crippen molar-refractivity contribution in [1.29, 1.82) is 0 Å². The van der Waals surface area contributed by atoms with Crippen LogP contribution in [0.5, 0.6) is 0 Å². The first-order chi connectivity index (χ1) is 14.4. The van der Waals surface area contributed by atoms with Gasteiger partial charge in [0.2, 0.25) is 0 Å². The van der Waals surface area contributed by atoms with Gasteiger partial charge in [-0.05, 0) is 84.8 Å². The number of carbonyl (C=O) groups excluding carboxylic acids is 1. The van der Waals surface area contributed by atoms with Gasteiger partial charge in [-0.1, -0.05) is 40.2 Å². The van der Waals surface area contributed by atoms with Gasteiger partial charge in [0, 0.05) is 6.54 Å². The average Bonchev–Trinajstić information content (AvgIpc) is 3.04. The molecule has 1 saturated heterocycles. The van der Waals surface area contributed by atoms with E-state index in [4.69, 9.17) is 4.74 Å². The van der Waals surface area contributed by atoms with E-state index >= 15 is 0 Å². The molecule has 0 radical (unpaired) electrons. The SMILES string of the molecule is Cc1cc(C)c(S(=O)(=O)N2C(C=C3CCCCC3)CCN2C(=O)OC(C)(C)C)c(C)c1. The maximum Gasteiger partial charge on any atom is 0.425 e. The number of hydrogen-bond acceptors (Lipinski definition) is 4. The van der Waals surface area contributed by atoms with Crippen LogP contribution >= 0.6 is 0 Å². The van der Waals surface area contributed by atoms with Crippen LogP contribution in [0.1, 0.15) is 76.0 Å². The minimum atomic E-state index is -3.95. The van der Waals surface area contributed by atoms with Crippen molar-refractivity contribution in [1.82, 2.24) is 9.42 Å². The first kappa shape index (κ1) is 23.8. The van der Waals surface area contributed by atoms with Gasteiger partial charge in [0.15, 0.2) is 0 Å². The van der Waals surface area contributed by atoms with Crippen LogP contribution in [0.4, 0.5) is 4.79 Å². The Balaban J connectivity index is 2.06. The molecule has 2 fully saturated rings. The molecule has 1 aromatic carbocycles. The number of nitrogens with zero attached hydrogens (tertiary/aromatic N) is 2. The summed E-state index contributed by atoms with van der Waals surface area (Å²) in [6.07, 6.45) is 7.51. The van der Waals surface area contributed by atoms with Crippen molar-refractivity contribution in [3.63, 3.8) is 0 Å². The Labute approximate surface area is 187 Å². The molecule has 0 bridgehead atoms. The molecule has 31 heavy (non-hydrogen) atoms. The first-order valence-electron chi connectivity index (χ1n) is 11.2. The summed E-state index contributed by atoms with van der Waals surface area (Å²) in [5.74, 6) is 0. The van der Waals surface area contributed by atoms with Gasteiger partial charge in [-0.2, -0.15) is 0 Å². The van der Waals surface area contributed by atoms with Crippen LogP contribution in [0.15, 0.2) is 28.7 Å². The van der Waals surface area contributed by atoms with Gasteiger partial charge < -0.3 is 4.74 Å². The smallest absolute Gasteiger partial charge is 0.425 e. The molecule has 1 saturated carbocycles. The molecule has 0 N–H and O–H groups in total. The van der Waals surface area contributed by atoms with Crippen LogP contribution < -0.4 is 0 Å². The van der Waals surface area contributed by atoms with Crippen molar-refractivity contribution in [2.75, 3.05) is 6.54 Å². The van der Waals surface area contributed by atoms with Crippen molar-refractivity contribution in [3.05, 3.63) is 40.5 Å². The quantitative estimate of drug-likeness (QED) is 0.579. The largest absolute Gasteiger partial charge is 0.443 e. The van der Waals surface area contributed by atoms with Crippen LogP contribution in [0, 0.1) is 20.8 Å². The Morgan fingerprint density at radius 1 is 1.06 bits per heavy atom. The number of sulfonamides is 1. The van der Waals surface area contributed by atoms with E-state index in [1.165, 1.54) is 21.4 Å². The van der Waals surface area contributed by atoms with Gasteiger partial charge in [-0.3, -0.25) is 0 Å². The molecule has 7 heteroatoms. The molecule has 1 atom stereocenters. The highest BCUT2D eigenvalue weighted by Gasteiger charge is 2.45. The summed E-state index contributed by atoms with van der Waals surface area (Å²) in [7, 11) is -3.95. The number of aryl methyl sites for hydroxylation is 3. The van der Waals surface area contributed by atoms with E-state index in [9.17, 15) is 13.2 Å². The fourth-order valence-electron chi connectivity index (χ4n) is 4.70. The maximum atomic E-state index is 14.0. The zero-order valence-corrected chi connectivity index (χ0v) is 20.5. The van der Waals surface area contributed by atoms with Gasteiger partial charge in [0.1, 0.15) is 5.60 Å². The number of amides is 1. The van der Waals surface area contributed by atoms with E-state index in [1.54, 1.807) is 20.8 Å². The van der Waals surface area contributed by atoms with Crippen LogP contribution in [0.3, 0.4) is 0 Å².